The summed E-state index contributed by atoms with van der Waals surface area (Å²) >= 11 is 0. The van der Waals surface area contributed by atoms with Crippen LogP contribution in [0.4, 0.5) is 16.0 Å². The van der Waals surface area contributed by atoms with Crippen molar-refractivity contribution in [1.29, 1.82) is 0 Å². The van der Waals surface area contributed by atoms with Crippen LogP contribution < -0.4 is 15.8 Å². The molecule has 3 heterocycles. The lowest BCUT2D eigenvalue weighted by molar-refractivity contribution is -0.116. The van der Waals surface area contributed by atoms with Gasteiger partial charge in [-0.05, 0) is 48.9 Å². The maximum Gasteiger partial charge on any atom is 0.255 e. The molecule has 0 spiro atoms. The highest BCUT2D eigenvalue weighted by Crippen LogP contribution is 2.19. The molecular weight excluding hydrogens is 419 g/mol. The molecule has 1 aliphatic heterocycles. The van der Waals surface area contributed by atoms with Gasteiger partial charge in [-0.3, -0.25) is 14.6 Å². The van der Waals surface area contributed by atoms with Crippen LogP contribution >= 0.6 is 0 Å². The summed E-state index contributed by atoms with van der Waals surface area (Å²) in [6.45, 7) is 5.89. The average molecular weight is 442 g/mol. The molecule has 1 fully saturated rings. The maximum absolute atomic E-state index is 14.2. The number of aryl methyl sites for hydroxylation is 2. The fourth-order valence-electron chi connectivity index (χ4n) is 3.48. The molecule has 0 unspecified atom stereocenters. The molecular formula is C20H23FN8O3. The van der Waals surface area contributed by atoms with Gasteiger partial charge >= 0.3 is 0 Å². The summed E-state index contributed by atoms with van der Waals surface area (Å²) in [7, 11) is 0. The van der Waals surface area contributed by atoms with Crippen LogP contribution in [0, 0.1) is 19.7 Å². The average Bonchev–Trinajstić information content (AvgIpc) is 3.20. The number of hydrogen-bond acceptors (Lipinski definition) is 8. The Hall–Kier alpha value is -3.67. The Balaban J connectivity index is 1.42. The summed E-state index contributed by atoms with van der Waals surface area (Å²) in [4.78, 5) is 34.3. The van der Waals surface area contributed by atoms with Gasteiger partial charge in [0.1, 0.15) is 11.5 Å². The predicted molar refractivity (Wildman–Crippen MR) is 113 cm³/mol. The third-order valence-corrected chi connectivity index (χ3v) is 5.21. The van der Waals surface area contributed by atoms with E-state index in [4.69, 9.17) is 4.74 Å². The first-order chi connectivity index (χ1) is 15.4. The van der Waals surface area contributed by atoms with E-state index in [1.54, 1.807) is 13.8 Å². The molecule has 0 bridgehead atoms. The second-order valence-electron chi connectivity index (χ2n) is 7.41. The number of tetrazole rings is 1. The van der Waals surface area contributed by atoms with Gasteiger partial charge in [-0.2, -0.15) is 4.68 Å². The number of carbonyl (C=O) groups is 1. The number of anilines is 2. The normalized spacial score (nSPS) is 13.9. The second kappa shape index (κ2) is 9.22. The van der Waals surface area contributed by atoms with Crippen molar-refractivity contribution in [3.05, 3.63) is 51.5 Å². The zero-order valence-corrected chi connectivity index (χ0v) is 17.8. The van der Waals surface area contributed by atoms with Crippen LogP contribution in [0.1, 0.15) is 23.5 Å². The van der Waals surface area contributed by atoms with Crippen molar-refractivity contribution in [2.24, 2.45) is 0 Å². The molecule has 1 aliphatic rings. The predicted octanol–water partition coefficient (Wildman–Crippen LogP) is 0.909. The minimum Gasteiger partial charge on any atom is -0.378 e. The van der Waals surface area contributed by atoms with Gasteiger partial charge in [0, 0.05) is 36.5 Å². The van der Waals surface area contributed by atoms with E-state index in [1.807, 2.05) is 4.90 Å². The molecule has 168 valence electrons. The molecule has 12 heteroatoms. The summed E-state index contributed by atoms with van der Waals surface area (Å²) in [6, 6.07) is 4.13. The standard InChI is InChI=1S/C20H23FN8O3/c1-12-15(19(31)24-20(22-12)28-7-9-32-10-8-28)4-6-18(30)23-14-3-5-16(21)17(11-14)29-13(2)25-26-27-29/h3,5,11H,4,6-10H2,1-2H3,(H,23,30)(H,22,24,31). The number of rotatable bonds is 6. The molecule has 1 aromatic carbocycles. The topological polar surface area (TPSA) is 131 Å². The third kappa shape index (κ3) is 4.64. The quantitative estimate of drug-likeness (QED) is 0.576. The molecule has 1 amide bonds. The maximum atomic E-state index is 14.2. The number of morpholine rings is 1. The van der Waals surface area contributed by atoms with Crippen molar-refractivity contribution in [3.63, 3.8) is 0 Å². The zero-order chi connectivity index (χ0) is 22.7. The van der Waals surface area contributed by atoms with Crippen LogP contribution in [-0.4, -0.2) is 62.4 Å². The van der Waals surface area contributed by atoms with Gasteiger partial charge in [-0.25, -0.2) is 9.37 Å². The largest absolute Gasteiger partial charge is 0.378 e. The minimum absolute atomic E-state index is 0.0686. The van der Waals surface area contributed by atoms with Crippen molar-refractivity contribution < 1.29 is 13.9 Å². The summed E-state index contributed by atoms with van der Waals surface area (Å²) in [5.41, 5.74) is 1.31. The van der Waals surface area contributed by atoms with Gasteiger partial charge in [0.05, 0.1) is 13.2 Å². The Labute approximate surface area is 182 Å². The fourth-order valence-corrected chi connectivity index (χ4v) is 3.48. The summed E-state index contributed by atoms with van der Waals surface area (Å²) < 4.78 is 20.8. The van der Waals surface area contributed by atoms with Crippen LogP contribution in [0.5, 0.6) is 0 Å². The SMILES string of the molecule is Cc1nc(N2CCOCC2)[nH]c(=O)c1CCC(=O)Nc1ccc(F)c(-n2nnnc2C)c1. The molecule has 2 aromatic heterocycles. The van der Waals surface area contributed by atoms with Gasteiger partial charge in [0.15, 0.2) is 5.82 Å². The highest BCUT2D eigenvalue weighted by Gasteiger charge is 2.17. The van der Waals surface area contributed by atoms with Crippen LogP contribution in [0.15, 0.2) is 23.0 Å². The van der Waals surface area contributed by atoms with Crippen molar-refractivity contribution in [2.45, 2.75) is 26.7 Å². The lowest BCUT2D eigenvalue weighted by Crippen LogP contribution is -2.38. The van der Waals surface area contributed by atoms with E-state index in [2.05, 4.69) is 30.8 Å². The number of carbonyl (C=O) groups excluding carboxylic acids is 1. The Morgan fingerprint density at radius 1 is 1.28 bits per heavy atom. The fraction of sp³-hybridized carbons (Fsp3) is 0.400. The van der Waals surface area contributed by atoms with E-state index in [-0.39, 0.29) is 30.0 Å². The molecule has 0 atom stereocenters. The van der Waals surface area contributed by atoms with Gasteiger partial charge < -0.3 is 15.0 Å². The first-order valence-electron chi connectivity index (χ1n) is 10.2. The van der Waals surface area contributed by atoms with Gasteiger partial charge in [-0.1, -0.05) is 0 Å². The third-order valence-electron chi connectivity index (χ3n) is 5.21. The van der Waals surface area contributed by atoms with Crippen LogP contribution in [-0.2, 0) is 16.0 Å². The van der Waals surface area contributed by atoms with Crippen molar-refractivity contribution in [3.8, 4) is 5.69 Å². The summed E-state index contributed by atoms with van der Waals surface area (Å²) in [5, 5.41) is 13.7. The van der Waals surface area contributed by atoms with E-state index in [0.29, 0.717) is 55.0 Å². The lowest BCUT2D eigenvalue weighted by Gasteiger charge is -2.27. The Bertz CT molecular complexity index is 1190. The van der Waals surface area contributed by atoms with E-state index in [1.165, 1.54) is 22.9 Å². The van der Waals surface area contributed by atoms with E-state index in [9.17, 15) is 14.0 Å². The second-order valence-corrected chi connectivity index (χ2v) is 7.41. The first-order valence-corrected chi connectivity index (χ1v) is 10.2. The van der Waals surface area contributed by atoms with Gasteiger partial charge in [-0.15, -0.1) is 5.10 Å². The minimum atomic E-state index is -0.521. The number of ether oxygens (including phenoxy) is 1. The molecule has 0 saturated carbocycles. The number of nitrogens with one attached hydrogen (secondary N) is 2. The van der Waals surface area contributed by atoms with Crippen molar-refractivity contribution >= 4 is 17.5 Å². The number of nitrogens with zero attached hydrogens (tertiary/aromatic N) is 6. The lowest BCUT2D eigenvalue weighted by atomic mass is 10.1. The number of aromatic nitrogens is 6. The van der Waals surface area contributed by atoms with Crippen molar-refractivity contribution in [1.82, 2.24) is 30.2 Å². The first kappa shape index (κ1) is 21.6. The molecule has 11 nitrogen and oxygen atoms in total. The van der Waals surface area contributed by atoms with E-state index in [0.717, 1.165) is 0 Å². The van der Waals surface area contributed by atoms with Gasteiger partial charge in [0.2, 0.25) is 11.9 Å². The van der Waals surface area contributed by atoms with Gasteiger partial charge in [0.25, 0.3) is 5.56 Å². The highest BCUT2D eigenvalue weighted by molar-refractivity contribution is 5.91. The number of amides is 1. The molecule has 3 aromatic rings. The molecule has 0 aliphatic carbocycles. The monoisotopic (exact) mass is 442 g/mol. The number of H-pyrrole nitrogens is 1. The van der Waals surface area contributed by atoms with E-state index < -0.39 is 5.82 Å². The zero-order valence-electron chi connectivity index (χ0n) is 17.8. The summed E-state index contributed by atoms with van der Waals surface area (Å²) in [6.07, 6.45) is 0.294. The smallest absolute Gasteiger partial charge is 0.255 e. The van der Waals surface area contributed by atoms with Crippen LogP contribution in [0.25, 0.3) is 5.69 Å². The van der Waals surface area contributed by atoms with E-state index >= 15 is 0 Å². The number of halogens is 1. The van der Waals surface area contributed by atoms with Crippen LogP contribution in [0.2, 0.25) is 0 Å². The molecule has 2 N–H and O–H groups in total. The Morgan fingerprint density at radius 3 is 2.75 bits per heavy atom. The van der Waals surface area contributed by atoms with Crippen molar-refractivity contribution in [2.75, 3.05) is 36.5 Å². The highest BCUT2D eigenvalue weighted by atomic mass is 19.1. The molecule has 1 saturated heterocycles. The molecule has 4 rings (SSSR count). The summed E-state index contributed by atoms with van der Waals surface area (Å²) in [5.74, 6) is 0.0925. The number of aromatic amines is 1. The number of hydrogen-bond donors (Lipinski definition) is 2. The molecule has 0 radical (unpaired) electrons. The Morgan fingerprint density at radius 2 is 2.06 bits per heavy atom. The van der Waals surface area contributed by atoms with Crippen LogP contribution in [0.3, 0.4) is 0 Å². The number of benzene rings is 1. The Kier molecular flexibility index (Phi) is 6.21. The molecule has 32 heavy (non-hydrogen) atoms.